The first-order chi connectivity index (χ1) is 9.35. The summed E-state index contributed by atoms with van der Waals surface area (Å²) in [6, 6.07) is 6.25. The predicted molar refractivity (Wildman–Crippen MR) is 75.9 cm³/mol. The van der Waals surface area contributed by atoms with Crippen molar-refractivity contribution in [2.45, 2.75) is 19.9 Å². The van der Waals surface area contributed by atoms with E-state index < -0.39 is 0 Å². The molecule has 0 radical (unpaired) electrons. The first-order valence-corrected chi connectivity index (χ1v) is 7.00. The van der Waals surface area contributed by atoms with Gasteiger partial charge in [0.2, 0.25) is 5.88 Å². The van der Waals surface area contributed by atoms with Crippen LogP contribution in [-0.4, -0.2) is 50.5 Å². The number of likely N-dealkylation sites (N-methyl/N-ethyl adjacent to an activating group) is 1. The van der Waals surface area contributed by atoms with Gasteiger partial charge in [-0.2, -0.15) is 4.98 Å². The van der Waals surface area contributed by atoms with Gasteiger partial charge in [-0.25, -0.2) is 0 Å². The van der Waals surface area contributed by atoms with Crippen LogP contribution in [-0.2, 0) is 4.74 Å². The van der Waals surface area contributed by atoms with Crippen molar-refractivity contribution < 1.29 is 9.47 Å². The van der Waals surface area contributed by atoms with Gasteiger partial charge in [-0.05, 0) is 19.5 Å². The minimum atomic E-state index is 0.332. The van der Waals surface area contributed by atoms with E-state index in [1.807, 2.05) is 25.1 Å². The molecule has 1 aliphatic rings. The molecule has 0 saturated carbocycles. The molecule has 1 aliphatic heterocycles. The normalized spacial score (nSPS) is 19.5. The Morgan fingerprint density at radius 3 is 3.16 bits per heavy atom. The lowest BCUT2D eigenvalue weighted by molar-refractivity contribution is 0.0934. The number of ether oxygens (including phenoxy) is 2. The van der Waals surface area contributed by atoms with Gasteiger partial charge in [0.25, 0.3) is 0 Å². The van der Waals surface area contributed by atoms with Crippen LogP contribution in [0, 0.1) is 0 Å². The molecule has 0 spiro atoms. The zero-order valence-corrected chi connectivity index (χ0v) is 11.8. The third-order valence-electron chi connectivity index (χ3n) is 3.15. The van der Waals surface area contributed by atoms with E-state index in [-0.39, 0.29) is 0 Å². The maximum Gasteiger partial charge on any atom is 0.215 e. The summed E-state index contributed by atoms with van der Waals surface area (Å²) in [6.07, 6.45) is 0. The van der Waals surface area contributed by atoms with Crippen LogP contribution in [0.4, 0.5) is 5.82 Å². The zero-order chi connectivity index (χ0) is 13.5. The van der Waals surface area contributed by atoms with E-state index in [9.17, 15) is 0 Å². The maximum atomic E-state index is 5.57. The summed E-state index contributed by atoms with van der Waals surface area (Å²) >= 11 is 0. The number of hydrogen-bond donors (Lipinski definition) is 1. The van der Waals surface area contributed by atoms with E-state index in [1.165, 1.54) is 0 Å². The lowest BCUT2D eigenvalue weighted by atomic mass is 10.2. The molecule has 5 heteroatoms. The van der Waals surface area contributed by atoms with Gasteiger partial charge < -0.3 is 19.7 Å². The Bertz CT molecular complexity index is 387. The molecule has 0 aliphatic carbocycles. The molecule has 106 valence electrons. The zero-order valence-electron chi connectivity index (χ0n) is 11.8. The molecule has 19 heavy (non-hydrogen) atoms. The molecule has 5 nitrogen and oxygen atoms in total. The molecule has 2 heterocycles. The Hall–Kier alpha value is -1.33. The van der Waals surface area contributed by atoms with Crippen molar-refractivity contribution in [3.63, 3.8) is 0 Å². The lowest BCUT2D eigenvalue weighted by Gasteiger charge is -2.36. The van der Waals surface area contributed by atoms with Crippen LogP contribution >= 0.6 is 0 Å². The van der Waals surface area contributed by atoms with Crippen molar-refractivity contribution in [1.29, 1.82) is 0 Å². The average molecular weight is 265 g/mol. The van der Waals surface area contributed by atoms with E-state index in [0.717, 1.165) is 38.7 Å². The average Bonchev–Trinajstić information content (AvgIpc) is 2.46. The number of morpholine rings is 1. The van der Waals surface area contributed by atoms with Crippen molar-refractivity contribution in [1.82, 2.24) is 10.3 Å². The second-order valence-corrected chi connectivity index (χ2v) is 4.50. The highest BCUT2D eigenvalue weighted by Gasteiger charge is 2.23. The molecule has 1 aromatic rings. The van der Waals surface area contributed by atoms with E-state index in [4.69, 9.17) is 9.47 Å². The van der Waals surface area contributed by atoms with Crippen LogP contribution in [0.1, 0.15) is 13.8 Å². The highest BCUT2D eigenvalue weighted by atomic mass is 16.5. The number of anilines is 1. The van der Waals surface area contributed by atoms with Gasteiger partial charge in [0.05, 0.1) is 25.9 Å². The first kappa shape index (κ1) is 14.1. The van der Waals surface area contributed by atoms with Gasteiger partial charge in [-0.1, -0.05) is 13.0 Å². The number of hydrogen-bond acceptors (Lipinski definition) is 5. The first-order valence-electron chi connectivity index (χ1n) is 7.00. The van der Waals surface area contributed by atoms with Gasteiger partial charge in [0.15, 0.2) is 0 Å². The van der Waals surface area contributed by atoms with Gasteiger partial charge in [0, 0.05) is 19.2 Å². The number of pyridine rings is 1. The Morgan fingerprint density at radius 2 is 2.37 bits per heavy atom. The predicted octanol–water partition coefficient (Wildman–Crippen LogP) is 1.29. The van der Waals surface area contributed by atoms with E-state index in [0.29, 0.717) is 18.5 Å². The number of rotatable bonds is 6. The highest BCUT2D eigenvalue weighted by Crippen LogP contribution is 2.20. The van der Waals surface area contributed by atoms with Crippen LogP contribution in [0.5, 0.6) is 5.88 Å². The van der Waals surface area contributed by atoms with Crippen LogP contribution in [0.25, 0.3) is 0 Å². The van der Waals surface area contributed by atoms with Crippen molar-refractivity contribution in [2.75, 3.05) is 44.4 Å². The number of nitrogens with zero attached hydrogens (tertiary/aromatic N) is 2. The van der Waals surface area contributed by atoms with Gasteiger partial charge in [0.1, 0.15) is 5.82 Å². The molecule has 1 N–H and O–H groups in total. The molecule has 2 rings (SSSR count). The third-order valence-corrected chi connectivity index (χ3v) is 3.15. The van der Waals surface area contributed by atoms with E-state index in [2.05, 4.69) is 22.1 Å². The molecule has 1 fully saturated rings. The smallest absolute Gasteiger partial charge is 0.215 e. The molecule has 1 saturated heterocycles. The summed E-state index contributed by atoms with van der Waals surface area (Å²) in [4.78, 5) is 6.87. The van der Waals surface area contributed by atoms with Gasteiger partial charge in [-0.15, -0.1) is 0 Å². The third kappa shape index (κ3) is 3.81. The molecule has 1 atom stereocenters. The van der Waals surface area contributed by atoms with Crippen molar-refractivity contribution in [2.24, 2.45) is 0 Å². The summed E-state index contributed by atoms with van der Waals surface area (Å²) in [6.45, 7) is 8.97. The molecule has 1 unspecified atom stereocenters. The topological polar surface area (TPSA) is 46.6 Å². The highest BCUT2D eigenvalue weighted by molar-refractivity contribution is 5.42. The second kappa shape index (κ2) is 7.31. The summed E-state index contributed by atoms with van der Waals surface area (Å²) in [7, 11) is 0. The fourth-order valence-electron chi connectivity index (χ4n) is 2.23. The van der Waals surface area contributed by atoms with Crippen molar-refractivity contribution in [3.8, 4) is 5.88 Å². The van der Waals surface area contributed by atoms with E-state index >= 15 is 0 Å². The number of aromatic nitrogens is 1. The molecular formula is C14H23N3O2. The van der Waals surface area contributed by atoms with Crippen LogP contribution in [0.15, 0.2) is 18.2 Å². The van der Waals surface area contributed by atoms with Crippen LogP contribution in [0.2, 0.25) is 0 Å². The molecule has 1 aromatic heterocycles. The number of nitrogens with one attached hydrogen (secondary N) is 1. The Kier molecular flexibility index (Phi) is 5.42. The molecule has 0 amide bonds. The van der Waals surface area contributed by atoms with E-state index in [1.54, 1.807) is 0 Å². The summed E-state index contributed by atoms with van der Waals surface area (Å²) < 4.78 is 11.0. The van der Waals surface area contributed by atoms with Gasteiger partial charge in [-0.3, -0.25) is 0 Å². The molecular weight excluding hydrogens is 242 g/mol. The monoisotopic (exact) mass is 265 g/mol. The van der Waals surface area contributed by atoms with Crippen LogP contribution in [0.3, 0.4) is 0 Å². The summed E-state index contributed by atoms with van der Waals surface area (Å²) in [5.41, 5.74) is 0. The minimum absolute atomic E-state index is 0.332. The van der Waals surface area contributed by atoms with Crippen molar-refractivity contribution in [3.05, 3.63) is 18.2 Å². The minimum Gasteiger partial charge on any atom is -0.478 e. The molecule has 0 aromatic carbocycles. The van der Waals surface area contributed by atoms with Crippen LogP contribution < -0.4 is 15.0 Å². The fraction of sp³-hybridized carbons (Fsp3) is 0.643. The Balaban J connectivity index is 2.09. The maximum absolute atomic E-state index is 5.57. The Morgan fingerprint density at radius 1 is 1.47 bits per heavy atom. The van der Waals surface area contributed by atoms with Gasteiger partial charge >= 0.3 is 0 Å². The molecule has 0 bridgehead atoms. The summed E-state index contributed by atoms with van der Waals surface area (Å²) in [5, 5.41) is 3.38. The Labute approximate surface area is 114 Å². The van der Waals surface area contributed by atoms with Crippen molar-refractivity contribution >= 4 is 5.82 Å². The lowest BCUT2D eigenvalue weighted by Crippen LogP contribution is -2.50. The summed E-state index contributed by atoms with van der Waals surface area (Å²) in [5.74, 6) is 1.66. The standard InChI is InChI=1S/C14H23N3O2/c1-3-15-10-12-11-18-9-8-17(12)13-6-5-7-14(16-13)19-4-2/h5-7,12,15H,3-4,8-11H2,1-2H3. The SMILES string of the molecule is CCNCC1COCCN1c1cccc(OCC)n1. The largest absolute Gasteiger partial charge is 0.478 e. The second-order valence-electron chi connectivity index (χ2n) is 4.50. The quantitative estimate of drug-likeness (QED) is 0.840. The fourth-order valence-corrected chi connectivity index (χ4v) is 2.23.